The number of rotatable bonds is 5. The molecule has 0 spiro atoms. The Morgan fingerprint density at radius 1 is 0.824 bits per heavy atom. The third kappa shape index (κ3) is 5.26. The highest BCUT2D eigenvalue weighted by molar-refractivity contribution is 5.99. The third-order valence-corrected chi connectivity index (χ3v) is 4.79. The Bertz CT molecular complexity index is 1300. The molecule has 34 heavy (non-hydrogen) atoms. The van der Waals surface area contributed by atoms with Gasteiger partial charge in [0.2, 0.25) is 5.82 Å². The number of halogens is 3. The Morgan fingerprint density at radius 2 is 1.47 bits per heavy atom. The zero-order valence-electron chi connectivity index (χ0n) is 17.5. The summed E-state index contributed by atoms with van der Waals surface area (Å²) >= 11 is 0. The van der Waals surface area contributed by atoms with Crippen molar-refractivity contribution in [2.75, 3.05) is 0 Å². The standard InChI is InChI=1S/C23H17F3N6O2/c24-23(25,26)19-9-5-4-8-18(19)22(34)29-28-21(33)17-12-10-15(11-13-17)14-32-30-20(27-31-32)16-6-2-1-3-7-16/h1-13H,14H2,(H,28,33)(H,29,34). The second kappa shape index (κ2) is 9.53. The number of carbonyl (C=O) groups excluding carboxylic acids is 2. The molecule has 2 amide bonds. The summed E-state index contributed by atoms with van der Waals surface area (Å²) < 4.78 is 39.2. The lowest BCUT2D eigenvalue weighted by Crippen LogP contribution is -2.42. The molecule has 4 rings (SSSR count). The van der Waals surface area contributed by atoms with Gasteiger partial charge in [0.15, 0.2) is 0 Å². The van der Waals surface area contributed by atoms with Gasteiger partial charge in [0.05, 0.1) is 17.7 Å². The number of hydrogen-bond acceptors (Lipinski definition) is 5. The number of carbonyl (C=O) groups is 2. The number of amides is 2. The van der Waals surface area contributed by atoms with Gasteiger partial charge >= 0.3 is 6.18 Å². The van der Waals surface area contributed by atoms with Crippen molar-refractivity contribution >= 4 is 11.8 Å². The van der Waals surface area contributed by atoms with Gasteiger partial charge in [0, 0.05) is 11.1 Å². The molecule has 0 saturated carbocycles. The highest BCUT2D eigenvalue weighted by Gasteiger charge is 2.34. The zero-order valence-corrected chi connectivity index (χ0v) is 17.5. The lowest BCUT2D eigenvalue weighted by atomic mass is 10.1. The average Bonchev–Trinajstić information content (AvgIpc) is 3.31. The average molecular weight is 466 g/mol. The molecular weight excluding hydrogens is 449 g/mol. The number of aromatic nitrogens is 4. The molecule has 0 aliphatic carbocycles. The molecule has 8 nitrogen and oxygen atoms in total. The van der Waals surface area contributed by atoms with Gasteiger partial charge in [-0.15, -0.1) is 10.2 Å². The van der Waals surface area contributed by atoms with E-state index in [4.69, 9.17) is 0 Å². The molecule has 1 heterocycles. The SMILES string of the molecule is O=C(NNC(=O)c1ccccc1C(F)(F)F)c1ccc(Cn2nnc(-c3ccccc3)n2)cc1. The van der Waals surface area contributed by atoms with Gasteiger partial charge in [-0.05, 0) is 35.0 Å². The molecule has 0 atom stereocenters. The summed E-state index contributed by atoms with van der Waals surface area (Å²) in [5, 5.41) is 12.4. The molecule has 0 radical (unpaired) electrons. The van der Waals surface area contributed by atoms with E-state index in [0.717, 1.165) is 23.3 Å². The van der Waals surface area contributed by atoms with Crippen molar-refractivity contribution in [3.8, 4) is 11.4 Å². The van der Waals surface area contributed by atoms with E-state index in [9.17, 15) is 22.8 Å². The monoisotopic (exact) mass is 466 g/mol. The summed E-state index contributed by atoms with van der Waals surface area (Å²) in [5.41, 5.74) is 4.26. The number of benzene rings is 3. The van der Waals surface area contributed by atoms with Crippen LogP contribution in [0.25, 0.3) is 11.4 Å². The van der Waals surface area contributed by atoms with Crippen LogP contribution in [-0.4, -0.2) is 32.0 Å². The summed E-state index contributed by atoms with van der Waals surface area (Å²) in [6.07, 6.45) is -4.70. The second-order valence-corrected chi connectivity index (χ2v) is 7.16. The van der Waals surface area contributed by atoms with Crippen molar-refractivity contribution in [3.63, 3.8) is 0 Å². The van der Waals surface area contributed by atoms with E-state index in [0.29, 0.717) is 12.4 Å². The van der Waals surface area contributed by atoms with Crippen LogP contribution < -0.4 is 10.9 Å². The fourth-order valence-electron chi connectivity index (χ4n) is 3.12. The number of nitrogens with one attached hydrogen (secondary N) is 2. The molecule has 0 fully saturated rings. The topological polar surface area (TPSA) is 102 Å². The lowest BCUT2D eigenvalue weighted by Gasteiger charge is -2.13. The molecule has 0 saturated heterocycles. The fraction of sp³-hybridized carbons (Fsp3) is 0.0870. The van der Waals surface area contributed by atoms with Gasteiger partial charge in [-0.1, -0.05) is 54.6 Å². The van der Waals surface area contributed by atoms with Crippen molar-refractivity contribution in [3.05, 3.63) is 101 Å². The first-order valence-electron chi connectivity index (χ1n) is 10.0. The van der Waals surface area contributed by atoms with Crippen LogP contribution in [0.2, 0.25) is 0 Å². The van der Waals surface area contributed by atoms with E-state index in [-0.39, 0.29) is 5.56 Å². The Morgan fingerprint density at radius 3 is 2.18 bits per heavy atom. The Balaban J connectivity index is 1.36. The minimum atomic E-state index is -4.70. The van der Waals surface area contributed by atoms with Gasteiger partial charge < -0.3 is 0 Å². The maximum atomic E-state index is 13.1. The number of nitrogens with zero attached hydrogens (tertiary/aromatic N) is 4. The van der Waals surface area contributed by atoms with Crippen LogP contribution in [0, 0.1) is 0 Å². The summed E-state index contributed by atoms with van der Waals surface area (Å²) in [7, 11) is 0. The van der Waals surface area contributed by atoms with Gasteiger partial charge in [0.1, 0.15) is 0 Å². The van der Waals surface area contributed by atoms with Gasteiger partial charge in [-0.3, -0.25) is 20.4 Å². The van der Waals surface area contributed by atoms with E-state index in [1.54, 1.807) is 12.1 Å². The van der Waals surface area contributed by atoms with Crippen LogP contribution >= 0.6 is 0 Å². The first kappa shape index (κ1) is 22.6. The molecule has 2 N–H and O–H groups in total. The van der Waals surface area contributed by atoms with E-state index in [1.165, 1.54) is 29.1 Å². The van der Waals surface area contributed by atoms with E-state index in [1.807, 2.05) is 35.8 Å². The molecule has 1 aromatic heterocycles. The normalized spacial score (nSPS) is 11.1. The number of hydrogen-bond donors (Lipinski definition) is 2. The lowest BCUT2D eigenvalue weighted by molar-refractivity contribution is -0.137. The van der Waals surface area contributed by atoms with Crippen molar-refractivity contribution in [1.82, 2.24) is 31.1 Å². The van der Waals surface area contributed by atoms with E-state index < -0.39 is 29.1 Å². The first-order valence-corrected chi connectivity index (χ1v) is 10.0. The molecule has 0 aliphatic rings. The van der Waals surface area contributed by atoms with E-state index >= 15 is 0 Å². The smallest absolute Gasteiger partial charge is 0.267 e. The third-order valence-electron chi connectivity index (χ3n) is 4.79. The van der Waals surface area contributed by atoms with Gasteiger partial charge in [-0.25, -0.2) is 0 Å². The minimum Gasteiger partial charge on any atom is -0.267 e. The molecular formula is C23H17F3N6O2. The van der Waals surface area contributed by atoms with Gasteiger partial charge in [0.25, 0.3) is 11.8 Å². The maximum Gasteiger partial charge on any atom is 0.417 e. The maximum absolute atomic E-state index is 13.1. The minimum absolute atomic E-state index is 0.199. The molecule has 0 aliphatic heterocycles. The largest absolute Gasteiger partial charge is 0.417 e. The Hall–Kier alpha value is -4.54. The van der Waals surface area contributed by atoms with Crippen molar-refractivity contribution in [2.45, 2.75) is 12.7 Å². The quantitative estimate of drug-likeness (QED) is 0.439. The van der Waals surface area contributed by atoms with Crippen LogP contribution in [0.5, 0.6) is 0 Å². The molecule has 3 aromatic carbocycles. The zero-order chi connectivity index (χ0) is 24.1. The van der Waals surface area contributed by atoms with Crippen molar-refractivity contribution < 1.29 is 22.8 Å². The van der Waals surface area contributed by atoms with Gasteiger partial charge in [-0.2, -0.15) is 18.0 Å². The van der Waals surface area contributed by atoms with Crippen molar-refractivity contribution in [2.24, 2.45) is 0 Å². The molecule has 0 unspecified atom stereocenters. The Labute approximate surface area is 191 Å². The molecule has 172 valence electrons. The predicted octanol–water partition coefficient (Wildman–Crippen LogP) is 3.48. The first-order chi connectivity index (χ1) is 16.3. The molecule has 4 aromatic rings. The predicted molar refractivity (Wildman–Crippen MR) is 115 cm³/mol. The number of alkyl halides is 3. The highest BCUT2D eigenvalue weighted by Crippen LogP contribution is 2.31. The molecule has 11 heteroatoms. The fourth-order valence-corrected chi connectivity index (χ4v) is 3.12. The van der Waals surface area contributed by atoms with Crippen LogP contribution in [0.1, 0.15) is 31.8 Å². The summed E-state index contributed by atoms with van der Waals surface area (Å²) in [4.78, 5) is 25.9. The van der Waals surface area contributed by atoms with Crippen LogP contribution in [0.4, 0.5) is 13.2 Å². The summed E-state index contributed by atoms with van der Waals surface area (Å²) in [5.74, 6) is -1.28. The Kier molecular flexibility index (Phi) is 6.35. The van der Waals surface area contributed by atoms with Crippen LogP contribution in [-0.2, 0) is 12.7 Å². The number of hydrazine groups is 1. The van der Waals surface area contributed by atoms with Crippen molar-refractivity contribution in [1.29, 1.82) is 0 Å². The van der Waals surface area contributed by atoms with Crippen LogP contribution in [0.15, 0.2) is 78.9 Å². The molecule has 0 bridgehead atoms. The van der Waals surface area contributed by atoms with E-state index in [2.05, 4.69) is 20.8 Å². The second-order valence-electron chi connectivity index (χ2n) is 7.16. The number of tetrazole rings is 1. The highest BCUT2D eigenvalue weighted by atomic mass is 19.4. The van der Waals surface area contributed by atoms with Crippen LogP contribution in [0.3, 0.4) is 0 Å². The summed E-state index contributed by atoms with van der Waals surface area (Å²) in [6, 6.07) is 20.0. The summed E-state index contributed by atoms with van der Waals surface area (Å²) in [6.45, 7) is 0.312.